The molecule has 0 saturated carbocycles. The van der Waals surface area contributed by atoms with E-state index in [2.05, 4.69) is 17.1 Å². The SMILES string of the molecule is CC[C@H](C)C(=O)N1CCC[C@@H](c2nc(-c3ccsc3)no2)C1. The molecule has 0 bridgehead atoms. The Morgan fingerprint density at radius 2 is 2.45 bits per heavy atom. The fourth-order valence-electron chi connectivity index (χ4n) is 2.78. The molecule has 0 radical (unpaired) electrons. The van der Waals surface area contributed by atoms with E-state index >= 15 is 0 Å². The average molecular weight is 319 g/mol. The number of hydrogen-bond donors (Lipinski definition) is 0. The lowest BCUT2D eigenvalue weighted by Crippen LogP contribution is -2.41. The Labute approximate surface area is 134 Å². The van der Waals surface area contributed by atoms with Crippen molar-refractivity contribution >= 4 is 17.2 Å². The topological polar surface area (TPSA) is 59.2 Å². The van der Waals surface area contributed by atoms with Gasteiger partial charge >= 0.3 is 0 Å². The van der Waals surface area contributed by atoms with Crippen molar-refractivity contribution in [1.29, 1.82) is 0 Å². The second-order valence-electron chi connectivity index (χ2n) is 5.90. The Morgan fingerprint density at radius 3 is 3.18 bits per heavy atom. The van der Waals surface area contributed by atoms with Gasteiger partial charge in [-0.3, -0.25) is 4.79 Å². The summed E-state index contributed by atoms with van der Waals surface area (Å²) in [5.41, 5.74) is 0.989. The number of hydrogen-bond acceptors (Lipinski definition) is 5. The molecule has 0 aliphatic carbocycles. The predicted octanol–water partition coefficient (Wildman–Crippen LogP) is 3.55. The second kappa shape index (κ2) is 6.60. The third-order valence-electron chi connectivity index (χ3n) is 4.34. The van der Waals surface area contributed by atoms with Crippen molar-refractivity contribution in [3.05, 3.63) is 22.7 Å². The minimum absolute atomic E-state index is 0.0859. The van der Waals surface area contributed by atoms with Crippen LogP contribution in [-0.2, 0) is 4.79 Å². The lowest BCUT2D eigenvalue weighted by atomic mass is 9.96. The molecule has 0 unspecified atom stereocenters. The number of rotatable bonds is 4. The third-order valence-corrected chi connectivity index (χ3v) is 5.02. The summed E-state index contributed by atoms with van der Waals surface area (Å²) >= 11 is 1.61. The largest absolute Gasteiger partial charge is 0.342 e. The molecule has 2 aromatic rings. The normalized spacial score (nSPS) is 20.1. The maximum Gasteiger partial charge on any atom is 0.231 e. The molecule has 1 amide bonds. The van der Waals surface area contributed by atoms with Gasteiger partial charge in [-0.15, -0.1) is 0 Å². The van der Waals surface area contributed by atoms with Crippen LogP contribution in [-0.4, -0.2) is 34.0 Å². The minimum atomic E-state index is 0.0859. The Bertz CT molecular complexity index is 623. The first kappa shape index (κ1) is 15.2. The number of carbonyl (C=O) groups excluding carboxylic acids is 1. The van der Waals surface area contributed by atoms with E-state index in [1.54, 1.807) is 11.3 Å². The molecule has 118 valence electrons. The minimum Gasteiger partial charge on any atom is -0.342 e. The summed E-state index contributed by atoms with van der Waals surface area (Å²) in [6.45, 7) is 5.57. The van der Waals surface area contributed by atoms with Crippen LogP contribution in [0.15, 0.2) is 21.3 Å². The van der Waals surface area contributed by atoms with Crippen LogP contribution < -0.4 is 0 Å². The van der Waals surface area contributed by atoms with Crippen LogP contribution in [0.25, 0.3) is 11.4 Å². The average Bonchev–Trinajstić information content (AvgIpc) is 3.24. The van der Waals surface area contributed by atoms with Crippen molar-refractivity contribution in [3.8, 4) is 11.4 Å². The molecule has 3 rings (SSSR count). The molecule has 2 aromatic heterocycles. The Kier molecular flexibility index (Phi) is 4.57. The maximum atomic E-state index is 12.4. The van der Waals surface area contributed by atoms with Crippen LogP contribution in [0.3, 0.4) is 0 Å². The molecule has 1 saturated heterocycles. The number of piperidine rings is 1. The van der Waals surface area contributed by atoms with Crippen molar-refractivity contribution in [2.45, 2.75) is 39.0 Å². The fraction of sp³-hybridized carbons (Fsp3) is 0.562. The van der Waals surface area contributed by atoms with Crippen molar-refractivity contribution in [2.75, 3.05) is 13.1 Å². The second-order valence-corrected chi connectivity index (χ2v) is 6.68. The van der Waals surface area contributed by atoms with E-state index < -0.39 is 0 Å². The summed E-state index contributed by atoms with van der Waals surface area (Å²) in [4.78, 5) is 18.8. The van der Waals surface area contributed by atoms with Gasteiger partial charge in [0.15, 0.2) is 0 Å². The van der Waals surface area contributed by atoms with Crippen LogP contribution in [0.1, 0.15) is 44.9 Å². The summed E-state index contributed by atoms with van der Waals surface area (Å²) in [6, 6.07) is 1.99. The van der Waals surface area contributed by atoms with Gasteiger partial charge in [-0.25, -0.2) is 0 Å². The number of thiophene rings is 1. The molecular formula is C16H21N3O2S. The number of aromatic nitrogens is 2. The molecule has 0 spiro atoms. The van der Waals surface area contributed by atoms with Gasteiger partial charge < -0.3 is 9.42 Å². The molecule has 3 heterocycles. The summed E-state index contributed by atoms with van der Waals surface area (Å²) < 4.78 is 5.45. The first-order chi connectivity index (χ1) is 10.7. The molecule has 0 aromatic carbocycles. The summed E-state index contributed by atoms with van der Waals surface area (Å²) in [5.74, 6) is 1.78. The van der Waals surface area contributed by atoms with E-state index in [0.717, 1.165) is 31.4 Å². The number of nitrogens with zero attached hydrogens (tertiary/aromatic N) is 3. The third kappa shape index (κ3) is 3.06. The van der Waals surface area contributed by atoms with Gasteiger partial charge in [-0.2, -0.15) is 16.3 Å². The highest BCUT2D eigenvalue weighted by molar-refractivity contribution is 7.08. The quantitative estimate of drug-likeness (QED) is 0.864. The first-order valence-electron chi connectivity index (χ1n) is 7.84. The van der Waals surface area contributed by atoms with Gasteiger partial charge in [-0.1, -0.05) is 19.0 Å². The van der Waals surface area contributed by atoms with Gasteiger partial charge in [0.2, 0.25) is 17.6 Å². The van der Waals surface area contributed by atoms with E-state index in [-0.39, 0.29) is 17.7 Å². The van der Waals surface area contributed by atoms with E-state index in [9.17, 15) is 4.79 Å². The van der Waals surface area contributed by atoms with E-state index in [0.29, 0.717) is 18.3 Å². The Hall–Kier alpha value is -1.69. The standard InChI is InChI=1S/C16H21N3O2S/c1-3-11(2)16(20)19-7-4-5-12(9-19)15-17-14(18-21-15)13-6-8-22-10-13/h6,8,10-12H,3-5,7,9H2,1-2H3/t11-,12+/m0/s1. The molecular weight excluding hydrogens is 298 g/mol. The van der Waals surface area contributed by atoms with Crippen molar-refractivity contribution in [1.82, 2.24) is 15.0 Å². The fourth-order valence-corrected chi connectivity index (χ4v) is 3.41. The van der Waals surface area contributed by atoms with Crippen LogP contribution in [0, 0.1) is 5.92 Å². The summed E-state index contributed by atoms with van der Waals surface area (Å²) in [6.07, 6.45) is 2.86. The highest BCUT2D eigenvalue weighted by Crippen LogP contribution is 2.29. The van der Waals surface area contributed by atoms with Crippen molar-refractivity contribution in [3.63, 3.8) is 0 Å². The van der Waals surface area contributed by atoms with Gasteiger partial charge in [0.05, 0.1) is 5.92 Å². The number of carbonyl (C=O) groups is 1. The maximum absolute atomic E-state index is 12.4. The molecule has 1 fully saturated rings. The zero-order chi connectivity index (χ0) is 15.5. The monoisotopic (exact) mass is 319 g/mol. The highest BCUT2D eigenvalue weighted by Gasteiger charge is 2.30. The van der Waals surface area contributed by atoms with Gasteiger partial charge in [0.25, 0.3) is 0 Å². The van der Waals surface area contributed by atoms with Crippen molar-refractivity contribution in [2.24, 2.45) is 5.92 Å². The predicted molar refractivity (Wildman–Crippen MR) is 85.6 cm³/mol. The number of amides is 1. The van der Waals surface area contributed by atoms with E-state index in [1.807, 2.05) is 28.7 Å². The molecule has 0 N–H and O–H groups in total. The highest BCUT2D eigenvalue weighted by atomic mass is 32.1. The molecule has 6 heteroatoms. The van der Waals surface area contributed by atoms with Gasteiger partial charge in [0.1, 0.15) is 0 Å². The van der Waals surface area contributed by atoms with Crippen LogP contribution >= 0.6 is 11.3 Å². The molecule has 2 atom stereocenters. The number of likely N-dealkylation sites (tertiary alicyclic amines) is 1. The van der Waals surface area contributed by atoms with E-state index in [4.69, 9.17) is 4.52 Å². The van der Waals surface area contributed by atoms with E-state index in [1.165, 1.54) is 0 Å². The molecule has 5 nitrogen and oxygen atoms in total. The summed E-state index contributed by atoms with van der Waals surface area (Å²) in [7, 11) is 0. The lowest BCUT2D eigenvalue weighted by molar-refractivity contribution is -0.136. The smallest absolute Gasteiger partial charge is 0.231 e. The first-order valence-corrected chi connectivity index (χ1v) is 8.78. The Balaban J connectivity index is 1.71. The molecule has 1 aliphatic rings. The molecule has 1 aliphatic heterocycles. The van der Waals surface area contributed by atoms with Gasteiger partial charge in [-0.05, 0) is 30.7 Å². The van der Waals surface area contributed by atoms with Crippen molar-refractivity contribution < 1.29 is 9.32 Å². The summed E-state index contributed by atoms with van der Waals surface area (Å²) in [5, 5.41) is 8.08. The zero-order valence-corrected chi connectivity index (χ0v) is 13.8. The van der Waals surface area contributed by atoms with Crippen LogP contribution in [0.2, 0.25) is 0 Å². The zero-order valence-electron chi connectivity index (χ0n) is 13.0. The molecule has 22 heavy (non-hydrogen) atoms. The van der Waals surface area contributed by atoms with Crippen LogP contribution in [0.4, 0.5) is 0 Å². The lowest BCUT2D eigenvalue weighted by Gasteiger charge is -2.32. The van der Waals surface area contributed by atoms with Gasteiger partial charge in [0, 0.05) is 30.0 Å². The van der Waals surface area contributed by atoms with Crippen LogP contribution in [0.5, 0.6) is 0 Å². The Morgan fingerprint density at radius 1 is 1.59 bits per heavy atom.